The lowest BCUT2D eigenvalue weighted by Crippen LogP contribution is -2.29. The Morgan fingerprint density at radius 3 is 2.73 bits per heavy atom. The quantitative estimate of drug-likeness (QED) is 0.942. The van der Waals surface area contributed by atoms with Crippen molar-refractivity contribution in [2.75, 3.05) is 19.6 Å². The Hall–Kier alpha value is -1.65. The number of rotatable bonds is 4. The first-order chi connectivity index (χ1) is 10.7. The Morgan fingerprint density at radius 2 is 2.05 bits per heavy atom. The Labute approximate surface area is 135 Å². The highest BCUT2D eigenvalue weighted by Gasteiger charge is 2.36. The lowest BCUT2D eigenvalue weighted by molar-refractivity contribution is 0.0790. The number of hydrogen-bond acceptors (Lipinski definition) is 3. The summed E-state index contributed by atoms with van der Waals surface area (Å²) in [6, 6.07) is 12.5. The molecule has 1 aliphatic heterocycles. The molecule has 0 bridgehead atoms. The van der Waals surface area contributed by atoms with Crippen molar-refractivity contribution in [3.8, 4) is 0 Å². The van der Waals surface area contributed by atoms with E-state index in [1.807, 2.05) is 16.3 Å². The van der Waals surface area contributed by atoms with E-state index in [9.17, 15) is 4.79 Å². The molecule has 1 amide bonds. The standard InChI is InChI=1S/C18H22N2OS/c1-2-13-8-9-22-17(13)18(21)20-11-15(10-19)16(12-20)14-6-4-3-5-7-14/h3-9,15-16H,2,10-12,19H2,1H3/t15-,16+/m1/s1. The topological polar surface area (TPSA) is 46.3 Å². The molecular weight excluding hydrogens is 292 g/mol. The van der Waals surface area contributed by atoms with Crippen LogP contribution < -0.4 is 5.73 Å². The fraction of sp³-hybridized carbons (Fsp3) is 0.389. The SMILES string of the molecule is CCc1ccsc1C(=O)N1C[C@@H](CN)[C@H](c2ccccc2)C1. The third kappa shape index (κ3) is 2.81. The number of thiophene rings is 1. The van der Waals surface area contributed by atoms with Crippen LogP contribution in [-0.2, 0) is 6.42 Å². The molecule has 0 unspecified atom stereocenters. The number of carbonyl (C=O) groups is 1. The van der Waals surface area contributed by atoms with Gasteiger partial charge in [-0.2, -0.15) is 0 Å². The van der Waals surface area contributed by atoms with Gasteiger partial charge in [0.2, 0.25) is 0 Å². The third-order valence-electron chi connectivity index (χ3n) is 4.58. The Bertz CT molecular complexity index is 638. The first kappa shape index (κ1) is 15.3. The van der Waals surface area contributed by atoms with Gasteiger partial charge in [-0.1, -0.05) is 37.3 Å². The van der Waals surface area contributed by atoms with Crippen LogP contribution >= 0.6 is 11.3 Å². The minimum Gasteiger partial charge on any atom is -0.337 e. The molecule has 116 valence electrons. The number of likely N-dealkylation sites (tertiary alicyclic amines) is 1. The molecule has 2 atom stereocenters. The molecule has 3 rings (SSSR count). The number of aryl methyl sites for hydroxylation is 1. The molecular formula is C18H22N2OS. The van der Waals surface area contributed by atoms with Crippen LogP contribution in [0.5, 0.6) is 0 Å². The van der Waals surface area contributed by atoms with Gasteiger partial charge < -0.3 is 10.6 Å². The van der Waals surface area contributed by atoms with E-state index in [0.717, 1.165) is 30.0 Å². The van der Waals surface area contributed by atoms with Crippen molar-refractivity contribution >= 4 is 17.2 Å². The van der Waals surface area contributed by atoms with E-state index in [2.05, 4.69) is 37.3 Å². The van der Waals surface area contributed by atoms with Crippen LogP contribution in [0.4, 0.5) is 0 Å². The van der Waals surface area contributed by atoms with Crippen molar-refractivity contribution < 1.29 is 4.79 Å². The first-order valence-electron chi connectivity index (χ1n) is 7.85. The summed E-state index contributed by atoms with van der Waals surface area (Å²) < 4.78 is 0. The van der Waals surface area contributed by atoms with Crippen LogP contribution in [0.3, 0.4) is 0 Å². The van der Waals surface area contributed by atoms with Crippen LogP contribution in [0.25, 0.3) is 0 Å². The average molecular weight is 314 g/mol. The van der Waals surface area contributed by atoms with Gasteiger partial charge in [0, 0.05) is 19.0 Å². The van der Waals surface area contributed by atoms with E-state index in [1.165, 1.54) is 5.56 Å². The largest absolute Gasteiger partial charge is 0.337 e. The van der Waals surface area contributed by atoms with Gasteiger partial charge in [-0.25, -0.2) is 0 Å². The minimum atomic E-state index is 0.170. The first-order valence-corrected chi connectivity index (χ1v) is 8.73. The predicted octanol–water partition coefficient (Wildman–Crippen LogP) is 3.13. The fourth-order valence-electron chi connectivity index (χ4n) is 3.30. The molecule has 0 spiro atoms. The van der Waals surface area contributed by atoms with E-state index < -0.39 is 0 Å². The van der Waals surface area contributed by atoms with Crippen LogP contribution in [-0.4, -0.2) is 30.4 Å². The van der Waals surface area contributed by atoms with Gasteiger partial charge in [0.25, 0.3) is 5.91 Å². The molecule has 2 heterocycles. The van der Waals surface area contributed by atoms with Gasteiger partial charge in [0.15, 0.2) is 0 Å². The second-order valence-electron chi connectivity index (χ2n) is 5.85. The molecule has 1 aromatic carbocycles. The highest BCUT2D eigenvalue weighted by Crippen LogP contribution is 2.33. The van der Waals surface area contributed by atoms with Crippen LogP contribution in [0.15, 0.2) is 41.8 Å². The maximum absolute atomic E-state index is 12.8. The van der Waals surface area contributed by atoms with E-state index >= 15 is 0 Å². The lowest BCUT2D eigenvalue weighted by atomic mass is 9.89. The molecule has 3 nitrogen and oxygen atoms in total. The summed E-state index contributed by atoms with van der Waals surface area (Å²) in [6.45, 7) is 4.24. The highest BCUT2D eigenvalue weighted by molar-refractivity contribution is 7.12. The summed E-state index contributed by atoms with van der Waals surface area (Å²) in [4.78, 5) is 15.7. The van der Waals surface area contributed by atoms with Crippen LogP contribution in [0.1, 0.15) is 33.6 Å². The number of nitrogens with two attached hydrogens (primary N) is 1. The van der Waals surface area contributed by atoms with Crippen LogP contribution in [0, 0.1) is 5.92 Å². The van der Waals surface area contributed by atoms with Crippen molar-refractivity contribution in [1.82, 2.24) is 4.90 Å². The smallest absolute Gasteiger partial charge is 0.264 e. The molecule has 1 saturated heterocycles. The molecule has 1 aliphatic rings. The zero-order valence-corrected chi connectivity index (χ0v) is 13.7. The van der Waals surface area contributed by atoms with E-state index in [4.69, 9.17) is 5.73 Å². The maximum Gasteiger partial charge on any atom is 0.264 e. The molecule has 2 aromatic rings. The van der Waals surface area contributed by atoms with Gasteiger partial charge in [-0.05, 0) is 41.5 Å². The van der Waals surface area contributed by atoms with E-state index in [1.54, 1.807) is 11.3 Å². The third-order valence-corrected chi connectivity index (χ3v) is 5.53. The number of nitrogens with zero attached hydrogens (tertiary/aromatic N) is 1. The van der Waals surface area contributed by atoms with Crippen molar-refractivity contribution in [1.29, 1.82) is 0 Å². The monoisotopic (exact) mass is 314 g/mol. The minimum absolute atomic E-state index is 0.170. The highest BCUT2D eigenvalue weighted by atomic mass is 32.1. The summed E-state index contributed by atoms with van der Waals surface area (Å²) in [5, 5.41) is 2.01. The summed E-state index contributed by atoms with van der Waals surface area (Å²) in [6.07, 6.45) is 0.904. The molecule has 0 aliphatic carbocycles. The molecule has 1 aromatic heterocycles. The Morgan fingerprint density at radius 1 is 1.27 bits per heavy atom. The number of carbonyl (C=O) groups excluding carboxylic acids is 1. The molecule has 22 heavy (non-hydrogen) atoms. The molecule has 4 heteroatoms. The van der Waals surface area contributed by atoms with Crippen molar-refractivity contribution in [2.24, 2.45) is 11.7 Å². The zero-order valence-electron chi connectivity index (χ0n) is 12.9. The maximum atomic E-state index is 12.8. The molecule has 2 N–H and O–H groups in total. The molecule has 1 fully saturated rings. The summed E-state index contributed by atoms with van der Waals surface area (Å²) >= 11 is 1.55. The van der Waals surface area contributed by atoms with E-state index in [-0.39, 0.29) is 5.91 Å². The van der Waals surface area contributed by atoms with Gasteiger partial charge in [0.05, 0.1) is 4.88 Å². The average Bonchev–Trinajstić information content (AvgIpc) is 3.21. The van der Waals surface area contributed by atoms with E-state index in [0.29, 0.717) is 18.4 Å². The van der Waals surface area contributed by atoms with Crippen molar-refractivity contribution in [3.63, 3.8) is 0 Å². The fourth-order valence-corrected chi connectivity index (χ4v) is 4.26. The Balaban J connectivity index is 1.81. The molecule has 0 saturated carbocycles. The van der Waals surface area contributed by atoms with Crippen molar-refractivity contribution in [3.05, 3.63) is 57.8 Å². The molecule has 0 radical (unpaired) electrons. The summed E-state index contributed by atoms with van der Waals surface area (Å²) in [5.41, 5.74) is 8.41. The Kier molecular flexibility index (Phi) is 4.60. The second-order valence-corrected chi connectivity index (χ2v) is 6.77. The van der Waals surface area contributed by atoms with Gasteiger partial charge in [-0.3, -0.25) is 4.79 Å². The summed E-state index contributed by atoms with van der Waals surface area (Å²) in [7, 11) is 0. The normalized spacial score (nSPS) is 21.3. The van der Waals surface area contributed by atoms with Gasteiger partial charge in [0.1, 0.15) is 0 Å². The summed E-state index contributed by atoms with van der Waals surface area (Å²) in [5.74, 6) is 0.861. The van der Waals surface area contributed by atoms with Gasteiger partial charge in [-0.15, -0.1) is 11.3 Å². The second kappa shape index (κ2) is 6.63. The number of amides is 1. The predicted molar refractivity (Wildman–Crippen MR) is 91.3 cm³/mol. The number of hydrogen-bond donors (Lipinski definition) is 1. The van der Waals surface area contributed by atoms with Crippen molar-refractivity contribution in [2.45, 2.75) is 19.3 Å². The lowest BCUT2D eigenvalue weighted by Gasteiger charge is -2.17. The van der Waals surface area contributed by atoms with Crippen LogP contribution in [0.2, 0.25) is 0 Å². The zero-order chi connectivity index (χ0) is 15.5. The number of benzene rings is 1. The van der Waals surface area contributed by atoms with Gasteiger partial charge >= 0.3 is 0 Å².